The van der Waals surface area contributed by atoms with E-state index in [9.17, 15) is 18.5 Å². The van der Waals surface area contributed by atoms with Crippen LogP contribution in [0, 0.1) is 21.4 Å². The minimum atomic E-state index is -3.80. The van der Waals surface area contributed by atoms with E-state index in [2.05, 4.69) is 0 Å². The zero-order valence-electron chi connectivity index (χ0n) is 11.3. The number of hydrogen-bond acceptors (Lipinski definition) is 5. The summed E-state index contributed by atoms with van der Waals surface area (Å²) in [7, 11) is -3.80. The summed E-state index contributed by atoms with van der Waals surface area (Å²) in [6.07, 6.45) is 3.38. The Labute approximate surface area is 123 Å². The van der Waals surface area contributed by atoms with Gasteiger partial charge in [0.05, 0.1) is 15.9 Å². The third-order valence-electron chi connectivity index (χ3n) is 3.61. The number of rotatable bonds is 5. The Morgan fingerprint density at radius 2 is 1.86 bits per heavy atom. The van der Waals surface area contributed by atoms with Gasteiger partial charge >= 0.3 is 0 Å². The van der Waals surface area contributed by atoms with Crippen molar-refractivity contribution in [3.05, 3.63) is 34.4 Å². The lowest BCUT2D eigenvalue weighted by atomic mass is 10.2. The standard InChI is InChI=1S/C13H15N3O4S/c14-9-10-15(11-3-1-2-4-11)21(19,20)13-7-5-12(6-8-13)16(17)18/h5-8,11H,1-4,10H2. The first-order valence-electron chi connectivity index (χ1n) is 6.60. The predicted octanol–water partition coefficient (Wildman–Crippen LogP) is 2.05. The Kier molecular flexibility index (Phi) is 4.55. The molecule has 0 amide bonds. The summed E-state index contributed by atoms with van der Waals surface area (Å²) in [5, 5.41) is 19.5. The average molecular weight is 309 g/mol. The van der Waals surface area contributed by atoms with E-state index in [0.29, 0.717) is 0 Å². The minimum absolute atomic E-state index is 0.0183. The molecule has 7 nitrogen and oxygen atoms in total. The fraction of sp³-hybridized carbons (Fsp3) is 0.462. The van der Waals surface area contributed by atoms with Gasteiger partial charge in [0, 0.05) is 18.2 Å². The minimum Gasteiger partial charge on any atom is -0.258 e. The van der Waals surface area contributed by atoms with Gasteiger partial charge in [-0.05, 0) is 25.0 Å². The van der Waals surface area contributed by atoms with Crippen LogP contribution >= 0.6 is 0 Å². The van der Waals surface area contributed by atoms with Gasteiger partial charge in [-0.25, -0.2) is 8.42 Å². The molecule has 0 aromatic heterocycles. The van der Waals surface area contributed by atoms with Crippen LogP contribution in [0.4, 0.5) is 5.69 Å². The molecule has 0 spiro atoms. The Morgan fingerprint density at radius 1 is 1.29 bits per heavy atom. The molecule has 0 heterocycles. The van der Waals surface area contributed by atoms with Crippen LogP contribution in [0.2, 0.25) is 0 Å². The zero-order chi connectivity index (χ0) is 15.5. The van der Waals surface area contributed by atoms with E-state index in [1.807, 2.05) is 6.07 Å². The molecular weight excluding hydrogens is 294 g/mol. The molecule has 2 rings (SSSR count). The normalized spacial score (nSPS) is 16.0. The van der Waals surface area contributed by atoms with E-state index >= 15 is 0 Å². The summed E-state index contributed by atoms with van der Waals surface area (Å²) in [6, 6.07) is 6.47. The molecule has 1 fully saturated rings. The third-order valence-corrected chi connectivity index (χ3v) is 5.53. The summed E-state index contributed by atoms with van der Waals surface area (Å²) >= 11 is 0. The molecule has 8 heteroatoms. The first-order valence-corrected chi connectivity index (χ1v) is 8.04. The van der Waals surface area contributed by atoms with Gasteiger partial charge in [0.15, 0.2) is 0 Å². The van der Waals surface area contributed by atoms with Crippen molar-refractivity contribution in [3.8, 4) is 6.07 Å². The van der Waals surface area contributed by atoms with E-state index < -0.39 is 14.9 Å². The largest absolute Gasteiger partial charge is 0.269 e. The van der Waals surface area contributed by atoms with Crippen molar-refractivity contribution < 1.29 is 13.3 Å². The highest BCUT2D eigenvalue weighted by Gasteiger charge is 2.33. The molecule has 1 aliphatic carbocycles. The highest BCUT2D eigenvalue weighted by Crippen LogP contribution is 2.29. The number of non-ortho nitro benzene ring substituents is 1. The van der Waals surface area contributed by atoms with Crippen molar-refractivity contribution in [1.82, 2.24) is 4.31 Å². The fourth-order valence-corrected chi connectivity index (χ4v) is 4.13. The molecule has 0 aliphatic heterocycles. The van der Waals surface area contributed by atoms with Gasteiger partial charge in [-0.3, -0.25) is 10.1 Å². The maximum Gasteiger partial charge on any atom is 0.269 e. The molecule has 0 N–H and O–H groups in total. The molecule has 112 valence electrons. The van der Waals surface area contributed by atoms with Crippen LogP contribution in [-0.4, -0.2) is 30.2 Å². The van der Waals surface area contributed by atoms with Gasteiger partial charge in [-0.2, -0.15) is 9.57 Å². The molecule has 21 heavy (non-hydrogen) atoms. The van der Waals surface area contributed by atoms with Crippen molar-refractivity contribution in [1.29, 1.82) is 5.26 Å². The number of benzene rings is 1. The van der Waals surface area contributed by atoms with Crippen molar-refractivity contribution in [2.24, 2.45) is 0 Å². The predicted molar refractivity (Wildman–Crippen MR) is 74.9 cm³/mol. The van der Waals surface area contributed by atoms with Crippen molar-refractivity contribution in [2.75, 3.05) is 6.54 Å². The number of nitro benzene ring substituents is 1. The lowest BCUT2D eigenvalue weighted by Gasteiger charge is -2.25. The van der Waals surface area contributed by atoms with Crippen molar-refractivity contribution in [3.63, 3.8) is 0 Å². The van der Waals surface area contributed by atoms with Crippen LogP contribution in [0.25, 0.3) is 0 Å². The molecule has 0 radical (unpaired) electrons. The van der Waals surface area contributed by atoms with Gasteiger partial charge in [-0.1, -0.05) is 12.8 Å². The summed E-state index contributed by atoms with van der Waals surface area (Å²) in [4.78, 5) is 10.0. The van der Waals surface area contributed by atoms with E-state index in [-0.39, 0.29) is 23.2 Å². The zero-order valence-corrected chi connectivity index (χ0v) is 12.1. The quantitative estimate of drug-likeness (QED) is 0.470. The number of sulfonamides is 1. The van der Waals surface area contributed by atoms with E-state index in [1.54, 1.807) is 0 Å². The summed E-state index contributed by atoms with van der Waals surface area (Å²) in [5.74, 6) is 0. The lowest BCUT2D eigenvalue weighted by Crippen LogP contribution is -2.39. The van der Waals surface area contributed by atoms with Crippen LogP contribution in [0.5, 0.6) is 0 Å². The average Bonchev–Trinajstić information content (AvgIpc) is 2.98. The van der Waals surface area contributed by atoms with Crippen LogP contribution < -0.4 is 0 Å². The Morgan fingerprint density at radius 3 is 2.33 bits per heavy atom. The Balaban J connectivity index is 2.33. The van der Waals surface area contributed by atoms with Gasteiger partial charge in [0.25, 0.3) is 5.69 Å². The smallest absolute Gasteiger partial charge is 0.258 e. The summed E-state index contributed by atoms with van der Waals surface area (Å²) in [6.45, 7) is -0.204. The third kappa shape index (κ3) is 3.20. The highest BCUT2D eigenvalue weighted by atomic mass is 32.2. The molecule has 0 atom stereocenters. The monoisotopic (exact) mass is 309 g/mol. The van der Waals surface area contributed by atoms with Crippen LogP contribution in [0.15, 0.2) is 29.2 Å². The molecule has 1 aromatic carbocycles. The number of nitro groups is 1. The lowest BCUT2D eigenvalue weighted by molar-refractivity contribution is -0.384. The van der Waals surface area contributed by atoms with Gasteiger partial charge < -0.3 is 0 Å². The van der Waals surface area contributed by atoms with Crippen molar-refractivity contribution >= 4 is 15.7 Å². The van der Waals surface area contributed by atoms with Gasteiger partial charge in [-0.15, -0.1) is 0 Å². The number of nitriles is 1. The Hall–Kier alpha value is -1.98. The second-order valence-electron chi connectivity index (χ2n) is 4.90. The van der Waals surface area contributed by atoms with E-state index in [4.69, 9.17) is 5.26 Å². The van der Waals surface area contributed by atoms with Crippen LogP contribution in [0.3, 0.4) is 0 Å². The molecule has 0 bridgehead atoms. The molecular formula is C13H15N3O4S. The molecule has 1 saturated carbocycles. The fourth-order valence-electron chi connectivity index (χ4n) is 2.55. The van der Waals surface area contributed by atoms with E-state index in [0.717, 1.165) is 37.8 Å². The van der Waals surface area contributed by atoms with Crippen LogP contribution in [0.1, 0.15) is 25.7 Å². The highest BCUT2D eigenvalue weighted by molar-refractivity contribution is 7.89. The second kappa shape index (κ2) is 6.20. The van der Waals surface area contributed by atoms with Crippen molar-refractivity contribution in [2.45, 2.75) is 36.6 Å². The first kappa shape index (κ1) is 15.4. The maximum absolute atomic E-state index is 12.6. The van der Waals surface area contributed by atoms with Gasteiger partial charge in [0.1, 0.15) is 6.54 Å². The molecule has 0 saturated heterocycles. The molecule has 1 aromatic rings. The SMILES string of the molecule is N#CCN(C1CCCC1)S(=O)(=O)c1ccc([N+](=O)[O-])cc1. The summed E-state index contributed by atoms with van der Waals surface area (Å²) < 4.78 is 26.4. The maximum atomic E-state index is 12.6. The summed E-state index contributed by atoms with van der Waals surface area (Å²) in [5.41, 5.74) is -0.165. The number of nitrogens with zero attached hydrogens (tertiary/aromatic N) is 3. The molecule has 0 unspecified atom stereocenters. The van der Waals surface area contributed by atoms with E-state index in [1.165, 1.54) is 16.4 Å². The molecule has 1 aliphatic rings. The number of hydrogen-bond donors (Lipinski definition) is 0. The van der Waals surface area contributed by atoms with Gasteiger partial charge in [0.2, 0.25) is 10.0 Å². The second-order valence-corrected chi connectivity index (χ2v) is 6.79. The first-order chi connectivity index (χ1) is 9.96. The van der Waals surface area contributed by atoms with Crippen LogP contribution in [-0.2, 0) is 10.0 Å². The topological polar surface area (TPSA) is 104 Å². The Bertz CT molecular complexity index is 658.